The second kappa shape index (κ2) is 6.41. The molecule has 2 aromatic rings. The number of H-pyrrole nitrogens is 1. The molecule has 1 amide bonds. The number of fused-ring (bicyclic) bond motifs is 1. The summed E-state index contributed by atoms with van der Waals surface area (Å²) in [6.45, 7) is 1.65. The van der Waals surface area contributed by atoms with Gasteiger partial charge < -0.3 is 14.5 Å². The van der Waals surface area contributed by atoms with Crippen LogP contribution in [-0.4, -0.2) is 37.1 Å². The summed E-state index contributed by atoms with van der Waals surface area (Å²) in [5, 5.41) is 9.46. The Morgan fingerprint density at radius 3 is 2.83 bits per heavy atom. The van der Waals surface area contributed by atoms with Crippen molar-refractivity contribution in [2.45, 2.75) is 51.1 Å². The van der Waals surface area contributed by atoms with Crippen LogP contribution in [0.1, 0.15) is 60.3 Å². The molecular formula is C16H19Cl2N5O. The SMILES string of the molecule is O=C(c1cc(Cl)c(Cl)[nH]1)N1CCCC1c1nnc2n1CCCCC2. The number of aryl methyl sites for hydroxylation is 1. The van der Waals surface area contributed by atoms with Crippen molar-refractivity contribution >= 4 is 29.1 Å². The van der Waals surface area contributed by atoms with Crippen molar-refractivity contribution in [1.82, 2.24) is 24.6 Å². The smallest absolute Gasteiger partial charge is 0.270 e. The molecule has 4 rings (SSSR count). The quantitative estimate of drug-likeness (QED) is 0.881. The number of amides is 1. The molecule has 1 N–H and O–H groups in total. The molecule has 2 aliphatic heterocycles. The Morgan fingerprint density at radius 2 is 2.04 bits per heavy atom. The molecule has 4 heterocycles. The van der Waals surface area contributed by atoms with Gasteiger partial charge in [0.05, 0.1) is 11.1 Å². The fourth-order valence-electron chi connectivity index (χ4n) is 3.71. The Hall–Kier alpha value is -1.53. The van der Waals surface area contributed by atoms with E-state index in [1.165, 1.54) is 6.42 Å². The summed E-state index contributed by atoms with van der Waals surface area (Å²) < 4.78 is 2.22. The number of nitrogens with zero attached hydrogens (tertiary/aromatic N) is 4. The molecule has 0 aliphatic carbocycles. The molecule has 0 saturated carbocycles. The standard InChI is InChI=1S/C16H19Cl2N5O/c17-10-9-11(19-14(10)18)16(24)22-8-4-5-12(22)15-21-20-13-6-2-1-3-7-23(13)15/h9,12,19H,1-8H2. The molecule has 8 heteroatoms. The number of hydrogen-bond donors (Lipinski definition) is 1. The Kier molecular flexibility index (Phi) is 4.26. The van der Waals surface area contributed by atoms with Crippen molar-refractivity contribution < 1.29 is 4.79 Å². The molecule has 1 unspecified atom stereocenters. The van der Waals surface area contributed by atoms with E-state index in [0.29, 0.717) is 22.4 Å². The lowest BCUT2D eigenvalue weighted by molar-refractivity contribution is 0.0721. The highest BCUT2D eigenvalue weighted by Gasteiger charge is 2.35. The number of halogens is 2. The lowest BCUT2D eigenvalue weighted by Crippen LogP contribution is -2.32. The summed E-state index contributed by atoms with van der Waals surface area (Å²) in [6, 6.07) is 1.56. The number of nitrogens with one attached hydrogen (secondary N) is 1. The van der Waals surface area contributed by atoms with Gasteiger partial charge in [0, 0.05) is 19.5 Å². The first kappa shape index (κ1) is 16.0. The van der Waals surface area contributed by atoms with E-state index in [9.17, 15) is 4.79 Å². The number of hydrogen-bond acceptors (Lipinski definition) is 3. The summed E-state index contributed by atoms with van der Waals surface area (Å²) in [4.78, 5) is 17.6. The van der Waals surface area contributed by atoms with E-state index in [1.807, 2.05) is 4.90 Å². The molecule has 1 fully saturated rings. The molecule has 0 bridgehead atoms. The number of likely N-dealkylation sites (tertiary alicyclic amines) is 1. The summed E-state index contributed by atoms with van der Waals surface area (Å²) in [7, 11) is 0. The van der Waals surface area contributed by atoms with Crippen LogP contribution in [0.25, 0.3) is 0 Å². The van der Waals surface area contributed by atoms with Gasteiger partial charge in [-0.25, -0.2) is 0 Å². The Balaban J connectivity index is 1.63. The van der Waals surface area contributed by atoms with Crippen molar-refractivity contribution in [3.8, 4) is 0 Å². The van der Waals surface area contributed by atoms with E-state index in [1.54, 1.807) is 6.07 Å². The molecule has 0 spiro atoms. The van der Waals surface area contributed by atoms with Crippen molar-refractivity contribution in [3.05, 3.63) is 33.6 Å². The number of rotatable bonds is 2. The van der Waals surface area contributed by atoms with Crippen LogP contribution in [0, 0.1) is 0 Å². The Morgan fingerprint density at radius 1 is 1.17 bits per heavy atom. The van der Waals surface area contributed by atoms with E-state index in [-0.39, 0.29) is 11.9 Å². The normalized spacial score (nSPS) is 20.9. The zero-order valence-electron chi connectivity index (χ0n) is 13.3. The van der Waals surface area contributed by atoms with Crippen molar-refractivity contribution in [1.29, 1.82) is 0 Å². The molecule has 0 aromatic carbocycles. The van der Waals surface area contributed by atoms with Crippen LogP contribution >= 0.6 is 23.2 Å². The van der Waals surface area contributed by atoms with E-state index < -0.39 is 0 Å². The van der Waals surface area contributed by atoms with Gasteiger partial charge in [0.25, 0.3) is 5.91 Å². The van der Waals surface area contributed by atoms with Crippen LogP contribution in [0.4, 0.5) is 0 Å². The van der Waals surface area contributed by atoms with E-state index in [2.05, 4.69) is 19.7 Å². The fourth-order valence-corrected chi connectivity index (χ4v) is 4.02. The number of aromatic amines is 1. The highest BCUT2D eigenvalue weighted by atomic mass is 35.5. The monoisotopic (exact) mass is 367 g/mol. The molecule has 1 saturated heterocycles. The zero-order valence-corrected chi connectivity index (χ0v) is 14.8. The van der Waals surface area contributed by atoms with Gasteiger partial charge in [-0.05, 0) is 31.7 Å². The molecular weight excluding hydrogens is 349 g/mol. The molecule has 6 nitrogen and oxygen atoms in total. The molecule has 24 heavy (non-hydrogen) atoms. The van der Waals surface area contributed by atoms with Gasteiger partial charge in [0.15, 0.2) is 5.82 Å². The number of carbonyl (C=O) groups is 1. The van der Waals surface area contributed by atoms with E-state index in [0.717, 1.165) is 50.3 Å². The summed E-state index contributed by atoms with van der Waals surface area (Å²) in [5.41, 5.74) is 0.424. The predicted octanol–water partition coefficient (Wildman–Crippen LogP) is 3.62. The van der Waals surface area contributed by atoms with Gasteiger partial charge in [-0.3, -0.25) is 4.79 Å². The fraction of sp³-hybridized carbons (Fsp3) is 0.562. The van der Waals surface area contributed by atoms with Crippen LogP contribution in [0.15, 0.2) is 6.07 Å². The lowest BCUT2D eigenvalue weighted by Gasteiger charge is -2.24. The van der Waals surface area contributed by atoms with Crippen molar-refractivity contribution in [3.63, 3.8) is 0 Å². The van der Waals surface area contributed by atoms with Gasteiger partial charge in [0.2, 0.25) is 0 Å². The average molecular weight is 368 g/mol. The van der Waals surface area contributed by atoms with E-state index >= 15 is 0 Å². The van der Waals surface area contributed by atoms with Crippen LogP contribution in [0.3, 0.4) is 0 Å². The second-order valence-corrected chi connectivity index (χ2v) is 7.22. The third-order valence-electron chi connectivity index (χ3n) is 4.91. The highest BCUT2D eigenvalue weighted by Crippen LogP contribution is 2.34. The number of aromatic nitrogens is 4. The molecule has 2 aromatic heterocycles. The summed E-state index contributed by atoms with van der Waals surface area (Å²) in [5.74, 6) is 1.88. The lowest BCUT2D eigenvalue weighted by atomic mass is 10.2. The minimum Gasteiger partial charge on any atom is -0.340 e. The number of carbonyl (C=O) groups excluding carboxylic acids is 1. The molecule has 2 aliphatic rings. The van der Waals surface area contributed by atoms with Crippen molar-refractivity contribution in [2.75, 3.05) is 6.54 Å². The van der Waals surface area contributed by atoms with E-state index in [4.69, 9.17) is 23.2 Å². The highest BCUT2D eigenvalue weighted by molar-refractivity contribution is 6.41. The molecule has 0 radical (unpaired) electrons. The first-order valence-corrected chi connectivity index (χ1v) is 9.17. The molecule has 1 atom stereocenters. The largest absolute Gasteiger partial charge is 0.340 e. The van der Waals surface area contributed by atoms with Crippen molar-refractivity contribution in [2.24, 2.45) is 0 Å². The minimum atomic E-state index is -0.0859. The Labute approximate surface area is 150 Å². The summed E-state index contributed by atoms with van der Waals surface area (Å²) >= 11 is 11.9. The average Bonchev–Trinajstić information content (AvgIpc) is 3.23. The van der Waals surface area contributed by atoms with Crippen LogP contribution in [-0.2, 0) is 13.0 Å². The van der Waals surface area contributed by atoms with Crippen LogP contribution in [0.5, 0.6) is 0 Å². The minimum absolute atomic E-state index is 0.0299. The summed E-state index contributed by atoms with van der Waals surface area (Å²) in [6.07, 6.45) is 6.35. The van der Waals surface area contributed by atoms with Gasteiger partial charge in [0.1, 0.15) is 16.7 Å². The Bertz CT molecular complexity index is 749. The third-order valence-corrected chi connectivity index (χ3v) is 5.60. The van der Waals surface area contributed by atoms with Gasteiger partial charge in [-0.1, -0.05) is 29.6 Å². The first-order chi connectivity index (χ1) is 11.6. The van der Waals surface area contributed by atoms with Gasteiger partial charge in [-0.2, -0.15) is 0 Å². The topological polar surface area (TPSA) is 66.8 Å². The van der Waals surface area contributed by atoms with Gasteiger partial charge in [-0.15, -0.1) is 10.2 Å². The molecule has 128 valence electrons. The predicted molar refractivity (Wildman–Crippen MR) is 91.4 cm³/mol. The maximum atomic E-state index is 12.9. The third kappa shape index (κ3) is 2.71. The maximum absolute atomic E-state index is 12.9. The van der Waals surface area contributed by atoms with Crippen LogP contribution < -0.4 is 0 Å². The zero-order chi connectivity index (χ0) is 16.7. The second-order valence-electron chi connectivity index (χ2n) is 6.44. The van der Waals surface area contributed by atoms with Crippen LogP contribution in [0.2, 0.25) is 10.2 Å². The van der Waals surface area contributed by atoms with Gasteiger partial charge >= 0.3 is 0 Å². The first-order valence-electron chi connectivity index (χ1n) is 8.42. The maximum Gasteiger partial charge on any atom is 0.270 e.